The minimum atomic E-state index is -0.433. The molecule has 0 spiro atoms. The van der Waals surface area contributed by atoms with E-state index in [0.717, 1.165) is 12.3 Å². The van der Waals surface area contributed by atoms with E-state index in [1.807, 2.05) is 25.9 Å². The fourth-order valence-electron chi connectivity index (χ4n) is 1.68. The van der Waals surface area contributed by atoms with Crippen LogP contribution in [0.2, 0.25) is 0 Å². The smallest absolute Gasteiger partial charge is 0.129 e. The molecule has 5 heteroatoms. The molecule has 0 fully saturated rings. The van der Waals surface area contributed by atoms with Gasteiger partial charge in [-0.25, -0.2) is 4.99 Å². The van der Waals surface area contributed by atoms with Gasteiger partial charge in [-0.3, -0.25) is 5.41 Å². The van der Waals surface area contributed by atoms with Crippen LogP contribution in [0.25, 0.3) is 0 Å². The van der Waals surface area contributed by atoms with Crippen molar-refractivity contribution >= 4 is 11.7 Å². The quantitative estimate of drug-likeness (QED) is 0.634. The zero-order chi connectivity index (χ0) is 11.5. The first-order valence-corrected chi connectivity index (χ1v) is 5.19. The van der Waals surface area contributed by atoms with Gasteiger partial charge in [-0.15, -0.1) is 0 Å². The van der Waals surface area contributed by atoms with Crippen LogP contribution in [0.4, 0.5) is 0 Å². The topological polar surface area (TPSA) is 71.7 Å². The standard InChI is InChI=1S/C10H20N4O/c1-10(5-4-6-15)12-8(11)7-9(13-10)14(2)3/h15H,4-7H2,1-3H3,(H2,11,12). The fraction of sp³-hybridized carbons (Fsp3) is 0.800. The molecule has 0 saturated carbocycles. The Balaban J connectivity index is 2.79. The van der Waals surface area contributed by atoms with Gasteiger partial charge in [0.25, 0.3) is 0 Å². The summed E-state index contributed by atoms with van der Waals surface area (Å²) in [5, 5.41) is 19.6. The van der Waals surface area contributed by atoms with Crippen molar-refractivity contribution in [1.29, 1.82) is 5.41 Å². The van der Waals surface area contributed by atoms with Gasteiger partial charge in [-0.2, -0.15) is 0 Å². The molecule has 86 valence electrons. The second-order valence-electron chi connectivity index (χ2n) is 4.30. The first kappa shape index (κ1) is 12.0. The van der Waals surface area contributed by atoms with Crippen molar-refractivity contribution < 1.29 is 5.11 Å². The van der Waals surface area contributed by atoms with Crippen molar-refractivity contribution in [3.63, 3.8) is 0 Å². The van der Waals surface area contributed by atoms with Crippen LogP contribution in [-0.4, -0.2) is 48.0 Å². The number of nitrogens with one attached hydrogen (secondary N) is 2. The van der Waals surface area contributed by atoms with E-state index in [0.29, 0.717) is 18.7 Å². The van der Waals surface area contributed by atoms with E-state index in [9.17, 15) is 0 Å². The second-order valence-corrected chi connectivity index (χ2v) is 4.30. The van der Waals surface area contributed by atoms with E-state index in [1.165, 1.54) is 0 Å². The molecule has 0 aromatic rings. The van der Waals surface area contributed by atoms with Crippen molar-refractivity contribution in [3.05, 3.63) is 0 Å². The zero-order valence-electron chi connectivity index (χ0n) is 9.67. The Morgan fingerprint density at radius 1 is 1.60 bits per heavy atom. The van der Waals surface area contributed by atoms with Gasteiger partial charge in [-0.05, 0) is 19.8 Å². The van der Waals surface area contributed by atoms with Crippen molar-refractivity contribution in [2.75, 3.05) is 20.7 Å². The summed E-state index contributed by atoms with van der Waals surface area (Å²) >= 11 is 0. The minimum Gasteiger partial charge on any atom is -0.396 e. The van der Waals surface area contributed by atoms with E-state index in [4.69, 9.17) is 10.5 Å². The normalized spacial score (nSPS) is 25.9. The van der Waals surface area contributed by atoms with E-state index < -0.39 is 5.66 Å². The Bertz CT molecular complexity index is 275. The lowest BCUT2D eigenvalue weighted by Gasteiger charge is -2.35. The average Bonchev–Trinajstić information content (AvgIpc) is 2.13. The largest absolute Gasteiger partial charge is 0.396 e. The molecule has 5 nitrogen and oxygen atoms in total. The summed E-state index contributed by atoms with van der Waals surface area (Å²) in [4.78, 5) is 6.52. The number of amidine groups is 2. The van der Waals surface area contributed by atoms with Crippen LogP contribution in [0.1, 0.15) is 26.2 Å². The van der Waals surface area contributed by atoms with Crippen LogP contribution in [0.5, 0.6) is 0 Å². The molecule has 0 bridgehead atoms. The summed E-state index contributed by atoms with van der Waals surface area (Å²) in [7, 11) is 3.87. The fourth-order valence-corrected chi connectivity index (χ4v) is 1.68. The van der Waals surface area contributed by atoms with Crippen molar-refractivity contribution in [1.82, 2.24) is 10.2 Å². The number of nitrogens with zero attached hydrogens (tertiary/aromatic N) is 2. The van der Waals surface area contributed by atoms with Crippen LogP contribution in [0.15, 0.2) is 4.99 Å². The Hall–Kier alpha value is -1.10. The van der Waals surface area contributed by atoms with Gasteiger partial charge in [0.05, 0.1) is 6.42 Å². The van der Waals surface area contributed by atoms with Crippen molar-refractivity contribution in [3.8, 4) is 0 Å². The van der Waals surface area contributed by atoms with Crippen LogP contribution in [-0.2, 0) is 0 Å². The average molecular weight is 212 g/mol. The van der Waals surface area contributed by atoms with E-state index >= 15 is 0 Å². The molecule has 0 radical (unpaired) electrons. The summed E-state index contributed by atoms with van der Waals surface area (Å²) in [5.74, 6) is 1.41. The highest BCUT2D eigenvalue weighted by atomic mass is 16.2. The summed E-state index contributed by atoms with van der Waals surface area (Å²) in [5.41, 5.74) is -0.433. The molecular formula is C10H20N4O. The molecule has 0 saturated heterocycles. The predicted molar refractivity (Wildman–Crippen MR) is 61.3 cm³/mol. The lowest BCUT2D eigenvalue weighted by atomic mass is 10.0. The van der Waals surface area contributed by atoms with Crippen LogP contribution in [0.3, 0.4) is 0 Å². The molecule has 1 atom stereocenters. The Morgan fingerprint density at radius 3 is 2.80 bits per heavy atom. The molecule has 15 heavy (non-hydrogen) atoms. The van der Waals surface area contributed by atoms with Crippen LogP contribution < -0.4 is 5.32 Å². The summed E-state index contributed by atoms with van der Waals surface area (Å²) in [6, 6.07) is 0. The Kier molecular flexibility index (Phi) is 3.68. The Labute approximate surface area is 90.7 Å². The highest BCUT2D eigenvalue weighted by molar-refractivity contribution is 6.03. The van der Waals surface area contributed by atoms with Crippen molar-refractivity contribution in [2.45, 2.75) is 31.8 Å². The highest BCUT2D eigenvalue weighted by Gasteiger charge is 2.29. The summed E-state index contributed by atoms with van der Waals surface area (Å²) in [6.07, 6.45) is 1.99. The minimum absolute atomic E-state index is 0.164. The van der Waals surface area contributed by atoms with Crippen LogP contribution >= 0.6 is 0 Å². The highest BCUT2D eigenvalue weighted by Crippen LogP contribution is 2.19. The number of aliphatic imine (C=N–C) groups is 1. The molecule has 0 aromatic heterocycles. The molecule has 1 aliphatic heterocycles. The maximum absolute atomic E-state index is 8.81. The van der Waals surface area contributed by atoms with Gasteiger partial charge in [0.2, 0.25) is 0 Å². The molecule has 1 unspecified atom stereocenters. The molecule has 0 aromatic carbocycles. The Morgan fingerprint density at radius 2 is 2.27 bits per heavy atom. The number of hydrogen-bond donors (Lipinski definition) is 3. The molecule has 1 aliphatic rings. The predicted octanol–water partition coefficient (Wildman–Crippen LogP) is 0.406. The number of aliphatic hydroxyl groups excluding tert-OH is 1. The van der Waals surface area contributed by atoms with E-state index in [-0.39, 0.29) is 6.61 Å². The number of rotatable bonds is 3. The first-order valence-electron chi connectivity index (χ1n) is 5.19. The van der Waals surface area contributed by atoms with Gasteiger partial charge in [0, 0.05) is 20.7 Å². The third-order valence-electron chi connectivity index (χ3n) is 2.47. The molecular weight excluding hydrogens is 192 g/mol. The van der Waals surface area contributed by atoms with E-state index in [2.05, 4.69) is 10.3 Å². The molecule has 0 amide bonds. The third kappa shape index (κ3) is 3.20. The van der Waals surface area contributed by atoms with Gasteiger partial charge in [0.15, 0.2) is 0 Å². The van der Waals surface area contributed by atoms with Gasteiger partial charge in [0.1, 0.15) is 17.3 Å². The number of hydrogen-bond acceptors (Lipinski definition) is 4. The van der Waals surface area contributed by atoms with Crippen molar-refractivity contribution in [2.24, 2.45) is 4.99 Å². The summed E-state index contributed by atoms with van der Waals surface area (Å²) in [6.45, 7) is 2.12. The van der Waals surface area contributed by atoms with Gasteiger partial charge >= 0.3 is 0 Å². The SMILES string of the molecule is CN(C)C1=NC(C)(CCCO)NC(=N)C1. The van der Waals surface area contributed by atoms with Gasteiger partial charge < -0.3 is 15.3 Å². The molecule has 1 rings (SSSR count). The van der Waals surface area contributed by atoms with Gasteiger partial charge in [-0.1, -0.05) is 0 Å². The monoisotopic (exact) mass is 212 g/mol. The molecule has 3 N–H and O–H groups in total. The molecule has 0 aliphatic carbocycles. The third-order valence-corrected chi connectivity index (χ3v) is 2.47. The zero-order valence-corrected chi connectivity index (χ0v) is 9.67. The second kappa shape index (κ2) is 4.61. The number of aliphatic hydroxyl groups is 1. The first-order chi connectivity index (χ1) is 6.97. The summed E-state index contributed by atoms with van der Waals surface area (Å²) < 4.78 is 0. The lowest BCUT2D eigenvalue weighted by molar-refractivity contribution is 0.258. The maximum atomic E-state index is 8.81. The molecule has 1 heterocycles. The van der Waals surface area contributed by atoms with Crippen LogP contribution in [0, 0.1) is 5.41 Å². The lowest BCUT2D eigenvalue weighted by Crippen LogP contribution is -2.51. The maximum Gasteiger partial charge on any atom is 0.129 e. The van der Waals surface area contributed by atoms with E-state index in [1.54, 1.807) is 0 Å².